The minimum Gasteiger partial charge on any atom is -0.508 e. The van der Waals surface area contributed by atoms with Crippen LogP contribution < -0.4 is 0 Å². The van der Waals surface area contributed by atoms with Gasteiger partial charge in [-0.1, -0.05) is 42.5 Å². The third-order valence-corrected chi connectivity index (χ3v) is 5.08. The lowest BCUT2D eigenvalue weighted by molar-refractivity contribution is -0.141. The molecule has 4 nitrogen and oxygen atoms in total. The van der Waals surface area contributed by atoms with Crippen molar-refractivity contribution in [2.24, 2.45) is 0 Å². The molecule has 2 aromatic rings. The van der Waals surface area contributed by atoms with Crippen molar-refractivity contribution in [1.29, 1.82) is 0 Å². The van der Waals surface area contributed by atoms with Gasteiger partial charge >= 0.3 is 0 Å². The Morgan fingerprint density at radius 3 is 2.62 bits per heavy atom. The predicted molar refractivity (Wildman–Crippen MR) is 90.7 cm³/mol. The van der Waals surface area contributed by atoms with Crippen LogP contribution in [0.2, 0.25) is 0 Å². The monoisotopic (exact) mass is 323 g/mol. The third kappa shape index (κ3) is 2.67. The van der Waals surface area contributed by atoms with E-state index in [1.807, 2.05) is 29.2 Å². The fourth-order valence-electron chi connectivity index (χ4n) is 3.57. The second kappa shape index (κ2) is 5.95. The van der Waals surface area contributed by atoms with Crippen LogP contribution in [0.1, 0.15) is 30.1 Å². The number of carbonyl (C=O) groups is 1. The number of phenolic OH excluding ortho intramolecular Hbond substituents is 1. The molecule has 4 rings (SSSR count). The summed E-state index contributed by atoms with van der Waals surface area (Å²) >= 11 is 0. The quantitative estimate of drug-likeness (QED) is 0.944. The number of carbonyl (C=O) groups excluding carboxylic acids is 1. The molecule has 4 heteroatoms. The molecule has 1 aliphatic carbocycles. The van der Waals surface area contributed by atoms with Gasteiger partial charge in [-0.15, -0.1) is 0 Å². The van der Waals surface area contributed by atoms with Gasteiger partial charge in [0, 0.05) is 6.54 Å². The second-order valence-electron chi connectivity index (χ2n) is 6.65. The van der Waals surface area contributed by atoms with Crippen LogP contribution in [-0.2, 0) is 14.9 Å². The Kier molecular flexibility index (Phi) is 3.77. The van der Waals surface area contributed by atoms with E-state index in [1.54, 1.807) is 18.2 Å². The molecule has 1 atom stereocenters. The average Bonchev–Trinajstić information content (AvgIpc) is 3.44. The zero-order chi connectivity index (χ0) is 16.6. The van der Waals surface area contributed by atoms with Crippen molar-refractivity contribution in [3.8, 4) is 5.75 Å². The normalized spacial score (nSPS) is 22.2. The number of benzene rings is 2. The molecule has 1 heterocycles. The molecule has 0 radical (unpaired) electrons. The molecule has 1 saturated carbocycles. The van der Waals surface area contributed by atoms with Crippen molar-refractivity contribution in [3.05, 3.63) is 65.7 Å². The van der Waals surface area contributed by atoms with Gasteiger partial charge in [0.2, 0.25) is 5.91 Å². The smallest absolute Gasteiger partial charge is 0.233 e. The number of hydrogen-bond donors (Lipinski definition) is 1. The molecule has 0 bridgehead atoms. The van der Waals surface area contributed by atoms with Crippen molar-refractivity contribution in [1.82, 2.24) is 4.90 Å². The van der Waals surface area contributed by atoms with Crippen LogP contribution in [0.3, 0.4) is 0 Å². The van der Waals surface area contributed by atoms with Gasteiger partial charge in [0.15, 0.2) is 0 Å². The van der Waals surface area contributed by atoms with E-state index in [9.17, 15) is 9.90 Å². The lowest BCUT2D eigenvalue weighted by Gasteiger charge is -2.35. The Morgan fingerprint density at radius 1 is 1.12 bits per heavy atom. The van der Waals surface area contributed by atoms with Gasteiger partial charge in [-0.3, -0.25) is 4.79 Å². The van der Waals surface area contributed by atoms with Gasteiger partial charge in [0.25, 0.3) is 0 Å². The van der Waals surface area contributed by atoms with Crippen molar-refractivity contribution in [3.63, 3.8) is 0 Å². The first-order valence-electron chi connectivity index (χ1n) is 8.44. The Bertz CT molecular complexity index is 740. The van der Waals surface area contributed by atoms with Gasteiger partial charge in [0.05, 0.1) is 18.6 Å². The molecule has 124 valence electrons. The van der Waals surface area contributed by atoms with E-state index in [4.69, 9.17) is 4.74 Å². The fourth-order valence-corrected chi connectivity index (χ4v) is 3.57. The van der Waals surface area contributed by atoms with Gasteiger partial charge in [-0.05, 0) is 36.1 Å². The second-order valence-corrected chi connectivity index (χ2v) is 6.65. The van der Waals surface area contributed by atoms with Crippen molar-refractivity contribution < 1.29 is 14.6 Å². The van der Waals surface area contributed by atoms with E-state index >= 15 is 0 Å². The molecule has 1 unspecified atom stereocenters. The maximum absolute atomic E-state index is 13.1. The Labute approximate surface area is 141 Å². The zero-order valence-electron chi connectivity index (χ0n) is 13.5. The standard InChI is InChI=1S/C20H21NO3/c22-17-8-4-5-15(13-17)18-14-21(11-12-24-18)19(23)20(9-10-20)16-6-2-1-3-7-16/h1-8,13,18,22H,9-12,14H2. The summed E-state index contributed by atoms with van der Waals surface area (Å²) < 4.78 is 5.83. The molecule has 24 heavy (non-hydrogen) atoms. The summed E-state index contributed by atoms with van der Waals surface area (Å²) in [6.07, 6.45) is 1.66. The lowest BCUT2D eigenvalue weighted by Crippen LogP contribution is -2.46. The molecular formula is C20H21NO3. The first-order chi connectivity index (χ1) is 11.7. The predicted octanol–water partition coefficient (Wildman–Crippen LogP) is 3.02. The Morgan fingerprint density at radius 2 is 1.92 bits per heavy atom. The van der Waals surface area contributed by atoms with E-state index in [0.29, 0.717) is 19.7 Å². The number of phenols is 1. The highest BCUT2D eigenvalue weighted by Gasteiger charge is 2.53. The van der Waals surface area contributed by atoms with Crippen LogP contribution in [0.25, 0.3) is 0 Å². The molecule has 0 aromatic heterocycles. The van der Waals surface area contributed by atoms with E-state index in [-0.39, 0.29) is 23.2 Å². The highest BCUT2D eigenvalue weighted by Crippen LogP contribution is 2.50. The van der Waals surface area contributed by atoms with Gasteiger partial charge in [0.1, 0.15) is 11.9 Å². The van der Waals surface area contributed by atoms with E-state index < -0.39 is 0 Å². The largest absolute Gasteiger partial charge is 0.508 e. The third-order valence-electron chi connectivity index (χ3n) is 5.08. The topological polar surface area (TPSA) is 49.8 Å². The molecular weight excluding hydrogens is 302 g/mol. The van der Waals surface area contributed by atoms with Crippen LogP contribution >= 0.6 is 0 Å². The summed E-state index contributed by atoms with van der Waals surface area (Å²) in [5, 5.41) is 9.67. The molecule has 1 amide bonds. The number of rotatable bonds is 3. The van der Waals surface area contributed by atoms with Gasteiger partial charge < -0.3 is 14.7 Å². The number of nitrogens with zero attached hydrogens (tertiary/aromatic N) is 1. The number of morpholine rings is 1. The Hall–Kier alpha value is -2.33. The maximum Gasteiger partial charge on any atom is 0.233 e. The highest BCUT2D eigenvalue weighted by molar-refractivity contribution is 5.91. The summed E-state index contributed by atoms with van der Waals surface area (Å²) in [6.45, 7) is 1.69. The summed E-state index contributed by atoms with van der Waals surface area (Å²) in [5.41, 5.74) is 1.70. The SMILES string of the molecule is O=C(N1CCOC(c2cccc(O)c2)C1)C1(c2ccccc2)CC1. The van der Waals surface area contributed by atoms with Crippen molar-refractivity contribution >= 4 is 5.91 Å². The minimum atomic E-state index is -0.331. The highest BCUT2D eigenvalue weighted by atomic mass is 16.5. The van der Waals surface area contributed by atoms with Crippen molar-refractivity contribution in [2.75, 3.05) is 19.7 Å². The van der Waals surface area contributed by atoms with Crippen LogP contribution in [-0.4, -0.2) is 35.6 Å². The Balaban J connectivity index is 1.53. The van der Waals surface area contributed by atoms with Crippen LogP contribution in [0, 0.1) is 0 Å². The van der Waals surface area contributed by atoms with Gasteiger partial charge in [-0.25, -0.2) is 0 Å². The summed E-state index contributed by atoms with van der Waals surface area (Å²) in [5.74, 6) is 0.435. The first-order valence-corrected chi connectivity index (χ1v) is 8.44. The van der Waals surface area contributed by atoms with Crippen LogP contribution in [0.5, 0.6) is 5.75 Å². The van der Waals surface area contributed by atoms with E-state index in [1.165, 1.54) is 0 Å². The molecule has 1 saturated heterocycles. The minimum absolute atomic E-state index is 0.179. The molecule has 1 aliphatic heterocycles. The molecule has 1 N–H and O–H groups in total. The molecule has 2 aromatic carbocycles. The van der Waals surface area contributed by atoms with Gasteiger partial charge in [-0.2, -0.15) is 0 Å². The summed E-state index contributed by atoms with van der Waals surface area (Å²) in [7, 11) is 0. The fraction of sp³-hybridized carbons (Fsp3) is 0.350. The number of aromatic hydroxyl groups is 1. The number of hydrogen-bond acceptors (Lipinski definition) is 3. The van der Waals surface area contributed by atoms with E-state index in [2.05, 4.69) is 12.1 Å². The molecule has 2 fully saturated rings. The van der Waals surface area contributed by atoms with Crippen LogP contribution in [0.4, 0.5) is 0 Å². The summed E-state index contributed by atoms with van der Waals surface area (Å²) in [4.78, 5) is 15.1. The molecule has 2 aliphatic rings. The lowest BCUT2D eigenvalue weighted by atomic mass is 9.93. The average molecular weight is 323 g/mol. The molecule has 0 spiro atoms. The zero-order valence-corrected chi connectivity index (χ0v) is 13.5. The van der Waals surface area contributed by atoms with Crippen molar-refractivity contribution in [2.45, 2.75) is 24.4 Å². The van der Waals surface area contributed by atoms with E-state index in [0.717, 1.165) is 24.0 Å². The number of ether oxygens (including phenoxy) is 1. The first kappa shape index (κ1) is 15.2. The number of amides is 1. The maximum atomic E-state index is 13.1. The summed E-state index contributed by atoms with van der Waals surface area (Å²) in [6, 6.07) is 17.2. The van der Waals surface area contributed by atoms with Crippen LogP contribution in [0.15, 0.2) is 54.6 Å².